The smallest absolute Gasteiger partial charge is 0.254 e. The molecule has 1 heterocycles. The first-order valence-electron chi connectivity index (χ1n) is 5.55. The molecule has 1 N–H and O–H groups in total. The van der Waals surface area contributed by atoms with Gasteiger partial charge in [0.05, 0.1) is 0 Å². The molecule has 0 saturated carbocycles. The molecule has 0 spiro atoms. The molecule has 1 aliphatic rings. The summed E-state index contributed by atoms with van der Waals surface area (Å²) in [5, 5.41) is 3.22. The first-order valence-corrected chi connectivity index (χ1v) is 6.35. The third kappa shape index (κ3) is 3.43. The van der Waals surface area contributed by atoms with Gasteiger partial charge in [-0.15, -0.1) is 12.4 Å². The molecule has 0 radical (unpaired) electrons. The van der Waals surface area contributed by atoms with Gasteiger partial charge < -0.3 is 10.2 Å². The van der Waals surface area contributed by atoms with Crippen LogP contribution in [0.1, 0.15) is 17.3 Å². The number of hydrogen-bond donors (Lipinski definition) is 1. The molecule has 1 amide bonds. The summed E-state index contributed by atoms with van der Waals surface area (Å²) in [4.78, 5) is 14.0. The number of benzene rings is 1. The molecule has 0 unspecified atom stereocenters. The van der Waals surface area contributed by atoms with Gasteiger partial charge in [-0.1, -0.05) is 15.9 Å². The van der Waals surface area contributed by atoms with Crippen LogP contribution in [0.4, 0.5) is 4.39 Å². The molecular weight excluding hydrogens is 322 g/mol. The molecule has 1 fully saturated rings. The van der Waals surface area contributed by atoms with Crippen LogP contribution in [0.2, 0.25) is 0 Å². The monoisotopic (exact) mass is 336 g/mol. The van der Waals surface area contributed by atoms with Crippen molar-refractivity contribution in [3.8, 4) is 0 Å². The number of carbonyl (C=O) groups is 1. The summed E-state index contributed by atoms with van der Waals surface area (Å²) in [5.74, 6) is -0.510. The zero-order chi connectivity index (χ0) is 12.4. The third-order valence-electron chi connectivity index (χ3n) is 2.87. The van der Waals surface area contributed by atoms with Crippen LogP contribution in [0.15, 0.2) is 22.7 Å². The lowest BCUT2D eigenvalue weighted by Gasteiger charge is -2.34. The summed E-state index contributed by atoms with van der Waals surface area (Å²) >= 11 is 3.20. The average molecular weight is 338 g/mol. The Kier molecular flexibility index (Phi) is 5.56. The topological polar surface area (TPSA) is 32.3 Å². The van der Waals surface area contributed by atoms with Crippen LogP contribution in [-0.2, 0) is 0 Å². The normalized spacial score (nSPS) is 19.3. The minimum atomic E-state index is -0.398. The summed E-state index contributed by atoms with van der Waals surface area (Å²) in [7, 11) is 0. The predicted molar refractivity (Wildman–Crippen MR) is 74.7 cm³/mol. The van der Waals surface area contributed by atoms with Crippen LogP contribution >= 0.6 is 28.3 Å². The summed E-state index contributed by atoms with van der Waals surface area (Å²) in [5.41, 5.74) is 0.394. The zero-order valence-electron chi connectivity index (χ0n) is 9.95. The highest BCUT2D eigenvalue weighted by molar-refractivity contribution is 9.10. The number of carbonyl (C=O) groups excluding carboxylic acids is 1. The Balaban J connectivity index is 0.00000162. The number of hydrogen-bond acceptors (Lipinski definition) is 2. The molecule has 1 saturated heterocycles. The minimum absolute atomic E-state index is 0. The molecule has 2 rings (SSSR count). The van der Waals surface area contributed by atoms with E-state index in [0.29, 0.717) is 16.6 Å². The van der Waals surface area contributed by atoms with E-state index in [1.807, 2.05) is 6.92 Å². The van der Waals surface area contributed by atoms with Crippen molar-refractivity contribution in [2.45, 2.75) is 13.0 Å². The highest BCUT2D eigenvalue weighted by Crippen LogP contribution is 2.17. The van der Waals surface area contributed by atoms with E-state index in [1.54, 1.807) is 11.0 Å². The highest BCUT2D eigenvalue weighted by atomic mass is 79.9. The second-order valence-corrected chi connectivity index (χ2v) is 5.13. The average Bonchev–Trinajstić information content (AvgIpc) is 2.27. The van der Waals surface area contributed by atoms with Crippen molar-refractivity contribution in [3.63, 3.8) is 0 Å². The lowest BCUT2D eigenvalue weighted by Crippen LogP contribution is -2.52. The third-order valence-corrected chi connectivity index (χ3v) is 3.33. The minimum Gasteiger partial charge on any atom is -0.333 e. The van der Waals surface area contributed by atoms with E-state index < -0.39 is 5.82 Å². The van der Waals surface area contributed by atoms with E-state index in [2.05, 4.69) is 21.2 Å². The molecule has 100 valence electrons. The van der Waals surface area contributed by atoms with Gasteiger partial charge in [-0.25, -0.2) is 4.39 Å². The fraction of sp³-hybridized carbons (Fsp3) is 0.417. The van der Waals surface area contributed by atoms with Gasteiger partial charge in [-0.05, 0) is 25.1 Å². The fourth-order valence-corrected chi connectivity index (χ4v) is 2.45. The van der Waals surface area contributed by atoms with E-state index in [4.69, 9.17) is 0 Å². The van der Waals surface area contributed by atoms with Crippen molar-refractivity contribution in [2.24, 2.45) is 0 Å². The number of nitrogens with one attached hydrogen (secondary N) is 1. The van der Waals surface area contributed by atoms with Crippen molar-refractivity contribution in [1.82, 2.24) is 10.2 Å². The highest BCUT2D eigenvalue weighted by Gasteiger charge is 2.24. The fourth-order valence-electron chi connectivity index (χ4n) is 1.99. The molecule has 1 aliphatic heterocycles. The van der Waals surface area contributed by atoms with Gasteiger partial charge in [0.1, 0.15) is 5.82 Å². The van der Waals surface area contributed by atoms with Crippen LogP contribution < -0.4 is 5.32 Å². The van der Waals surface area contributed by atoms with Crippen molar-refractivity contribution in [2.75, 3.05) is 19.6 Å². The molecule has 0 aromatic heterocycles. The Labute approximate surface area is 120 Å². The Bertz CT molecular complexity index is 424. The molecule has 1 atom stereocenters. The number of nitrogens with zero attached hydrogens (tertiary/aromatic N) is 1. The summed E-state index contributed by atoms with van der Waals surface area (Å²) < 4.78 is 13.8. The van der Waals surface area contributed by atoms with Crippen LogP contribution in [0.25, 0.3) is 0 Å². The largest absolute Gasteiger partial charge is 0.333 e. The molecule has 0 aliphatic carbocycles. The lowest BCUT2D eigenvalue weighted by molar-refractivity contribution is 0.0655. The van der Waals surface area contributed by atoms with E-state index in [9.17, 15) is 9.18 Å². The Morgan fingerprint density at radius 1 is 1.50 bits per heavy atom. The van der Waals surface area contributed by atoms with Crippen LogP contribution in [0, 0.1) is 5.82 Å². The number of halogens is 3. The standard InChI is InChI=1S/C12H14BrFN2O.ClH/c1-8-7-15-2-3-16(8)12(17)9-4-10(13)6-11(14)5-9;/h4-6,8,15H,2-3,7H2,1H3;1H/t8-;/m0./s1. The van der Waals surface area contributed by atoms with E-state index >= 15 is 0 Å². The molecular formula is C12H15BrClFN2O. The maximum Gasteiger partial charge on any atom is 0.254 e. The molecule has 1 aromatic carbocycles. The van der Waals surface area contributed by atoms with E-state index in [1.165, 1.54) is 12.1 Å². The van der Waals surface area contributed by atoms with Gasteiger partial charge in [0.15, 0.2) is 0 Å². The first-order chi connectivity index (χ1) is 8.08. The number of amides is 1. The van der Waals surface area contributed by atoms with Crippen LogP contribution in [0.3, 0.4) is 0 Å². The quantitative estimate of drug-likeness (QED) is 0.854. The van der Waals surface area contributed by atoms with Crippen molar-refractivity contribution in [1.29, 1.82) is 0 Å². The van der Waals surface area contributed by atoms with Crippen LogP contribution in [-0.4, -0.2) is 36.5 Å². The van der Waals surface area contributed by atoms with E-state index in [-0.39, 0.29) is 24.4 Å². The maximum absolute atomic E-state index is 13.2. The molecule has 0 bridgehead atoms. The molecule has 3 nitrogen and oxygen atoms in total. The van der Waals surface area contributed by atoms with E-state index in [0.717, 1.165) is 13.1 Å². The number of piperazine rings is 1. The van der Waals surface area contributed by atoms with Gasteiger partial charge in [0.2, 0.25) is 0 Å². The summed E-state index contributed by atoms with van der Waals surface area (Å²) in [6.45, 7) is 4.21. The molecule has 6 heteroatoms. The van der Waals surface area contributed by atoms with Gasteiger partial charge in [-0.2, -0.15) is 0 Å². The second kappa shape index (κ2) is 6.50. The van der Waals surface area contributed by atoms with Gasteiger partial charge in [-0.3, -0.25) is 4.79 Å². The molecule has 18 heavy (non-hydrogen) atoms. The lowest BCUT2D eigenvalue weighted by atomic mass is 10.1. The van der Waals surface area contributed by atoms with Crippen molar-refractivity contribution < 1.29 is 9.18 Å². The zero-order valence-corrected chi connectivity index (χ0v) is 12.4. The number of rotatable bonds is 1. The second-order valence-electron chi connectivity index (χ2n) is 4.21. The Hall–Kier alpha value is -0.650. The van der Waals surface area contributed by atoms with Gasteiger partial charge in [0, 0.05) is 35.7 Å². The van der Waals surface area contributed by atoms with Crippen molar-refractivity contribution >= 4 is 34.2 Å². The summed E-state index contributed by atoms with van der Waals surface area (Å²) in [6, 6.07) is 4.42. The predicted octanol–water partition coefficient (Wildman–Crippen LogP) is 2.44. The Morgan fingerprint density at radius 2 is 2.22 bits per heavy atom. The van der Waals surface area contributed by atoms with Gasteiger partial charge >= 0.3 is 0 Å². The molecule has 1 aromatic rings. The van der Waals surface area contributed by atoms with Crippen LogP contribution in [0.5, 0.6) is 0 Å². The van der Waals surface area contributed by atoms with Crippen molar-refractivity contribution in [3.05, 3.63) is 34.1 Å². The van der Waals surface area contributed by atoms with Gasteiger partial charge in [0.25, 0.3) is 5.91 Å². The Morgan fingerprint density at radius 3 is 2.83 bits per heavy atom. The first kappa shape index (κ1) is 15.4. The SMILES string of the molecule is C[C@H]1CNCCN1C(=O)c1cc(F)cc(Br)c1.Cl. The summed E-state index contributed by atoms with van der Waals surface area (Å²) in [6.07, 6.45) is 0. The maximum atomic E-state index is 13.2.